The number of rotatable bonds is 6. The van der Waals surface area contributed by atoms with Crippen LogP contribution in [-0.2, 0) is 4.79 Å². The van der Waals surface area contributed by atoms with Gasteiger partial charge in [0, 0.05) is 19.6 Å². The molecule has 2 aromatic rings. The number of carbonyl (C=O) groups excluding carboxylic acids is 1. The van der Waals surface area contributed by atoms with Crippen LogP contribution in [0.1, 0.15) is 30.0 Å². The van der Waals surface area contributed by atoms with Gasteiger partial charge in [-0.25, -0.2) is 0 Å². The molecule has 1 saturated carbocycles. The fourth-order valence-corrected chi connectivity index (χ4v) is 3.49. The third-order valence-corrected chi connectivity index (χ3v) is 5.14. The van der Waals surface area contributed by atoms with Crippen LogP contribution in [0.5, 0.6) is 0 Å². The normalized spacial score (nSPS) is 18.4. The molecule has 1 aliphatic carbocycles. The molecule has 0 atom stereocenters. The van der Waals surface area contributed by atoms with Crippen molar-refractivity contribution in [3.8, 4) is 0 Å². The van der Waals surface area contributed by atoms with Gasteiger partial charge in [-0.2, -0.15) is 0 Å². The molecular formula is C21H24N2O. The number of amides is 1. The number of benzene rings is 2. The van der Waals surface area contributed by atoms with Gasteiger partial charge in [0.2, 0.25) is 5.91 Å². The molecule has 0 radical (unpaired) electrons. The summed E-state index contributed by atoms with van der Waals surface area (Å²) < 4.78 is 0. The topological polar surface area (TPSA) is 32.3 Å². The zero-order valence-corrected chi connectivity index (χ0v) is 13.9. The van der Waals surface area contributed by atoms with Crippen LogP contribution in [0.25, 0.3) is 0 Å². The first-order chi connectivity index (χ1) is 11.8. The maximum atomic E-state index is 12.3. The average molecular weight is 320 g/mol. The molecule has 1 amide bonds. The monoisotopic (exact) mass is 320 g/mol. The molecule has 3 heteroatoms. The second-order valence-corrected chi connectivity index (χ2v) is 7.06. The van der Waals surface area contributed by atoms with Crippen molar-refractivity contribution in [2.24, 2.45) is 11.8 Å². The lowest BCUT2D eigenvalue weighted by Crippen LogP contribution is -2.55. The molecule has 0 bridgehead atoms. The van der Waals surface area contributed by atoms with Gasteiger partial charge in [0.25, 0.3) is 0 Å². The van der Waals surface area contributed by atoms with E-state index in [1.165, 1.54) is 24.0 Å². The van der Waals surface area contributed by atoms with Crippen molar-refractivity contribution in [3.63, 3.8) is 0 Å². The summed E-state index contributed by atoms with van der Waals surface area (Å²) in [5, 5.41) is 3.12. The number of nitrogens with one attached hydrogen (secondary N) is 1. The molecule has 1 saturated heterocycles. The summed E-state index contributed by atoms with van der Waals surface area (Å²) in [4.78, 5) is 14.7. The first-order valence-electron chi connectivity index (χ1n) is 8.93. The van der Waals surface area contributed by atoms with E-state index in [2.05, 4.69) is 70.9 Å². The molecule has 1 heterocycles. The molecular weight excluding hydrogens is 296 g/mol. The molecule has 0 aromatic heterocycles. The van der Waals surface area contributed by atoms with Crippen LogP contribution in [0.2, 0.25) is 0 Å². The van der Waals surface area contributed by atoms with Gasteiger partial charge in [-0.3, -0.25) is 9.69 Å². The Hall–Kier alpha value is -2.13. The van der Waals surface area contributed by atoms with E-state index >= 15 is 0 Å². The average Bonchev–Trinajstić information content (AvgIpc) is 3.41. The smallest absolute Gasteiger partial charge is 0.225 e. The molecule has 1 aliphatic heterocycles. The molecule has 1 N–H and O–H groups in total. The second kappa shape index (κ2) is 6.78. The Kier molecular flexibility index (Phi) is 4.35. The minimum Gasteiger partial charge on any atom is -0.356 e. The fraction of sp³-hybridized carbons (Fsp3) is 0.381. The highest BCUT2D eigenvalue weighted by atomic mass is 16.2. The van der Waals surface area contributed by atoms with E-state index in [0.29, 0.717) is 0 Å². The third kappa shape index (κ3) is 3.36. The van der Waals surface area contributed by atoms with E-state index in [1.54, 1.807) is 0 Å². The predicted octanol–water partition coefficient (Wildman–Crippen LogP) is 3.23. The van der Waals surface area contributed by atoms with Crippen LogP contribution in [-0.4, -0.2) is 30.4 Å². The predicted molar refractivity (Wildman–Crippen MR) is 95.5 cm³/mol. The van der Waals surface area contributed by atoms with Crippen LogP contribution in [0.3, 0.4) is 0 Å². The maximum Gasteiger partial charge on any atom is 0.225 e. The van der Waals surface area contributed by atoms with Gasteiger partial charge in [0.15, 0.2) is 0 Å². The van der Waals surface area contributed by atoms with E-state index < -0.39 is 0 Å². The number of nitrogens with zero attached hydrogens (tertiary/aromatic N) is 1. The summed E-state index contributed by atoms with van der Waals surface area (Å²) in [5.74, 6) is 1.11. The number of hydrogen-bond donors (Lipinski definition) is 1. The molecule has 4 rings (SSSR count). The molecule has 0 unspecified atom stereocenters. The van der Waals surface area contributed by atoms with Crippen LogP contribution < -0.4 is 5.32 Å². The van der Waals surface area contributed by atoms with Crippen molar-refractivity contribution in [3.05, 3.63) is 71.8 Å². The highest BCUT2D eigenvalue weighted by Gasteiger charge is 2.38. The van der Waals surface area contributed by atoms with Crippen molar-refractivity contribution in [2.45, 2.75) is 18.9 Å². The van der Waals surface area contributed by atoms with Gasteiger partial charge in [-0.15, -0.1) is 0 Å². The van der Waals surface area contributed by atoms with Crippen LogP contribution in [0, 0.1) is 11.8 Å². The van der Waals surface area contributed by atoms with Gasteiger partial charge in [-0.1, -0.05) is 60.7 Å². The summed E-state index contributed by atoms with van der Waals surface area (Å²) in [7, 11) is 0. The standard InChI is InChI=1S/C21H24N2O/c24-21(22-13-16-11-12-16)19-14-23(15-19)20(17-7-3-1-4-8-17)18-9-5-2-6-10-18/h1-10,16,19-20H,11-15H2,(H,22,24). The Bertz CT molecular complexity index is 636. The lowest BCUT2D eigenvalue weighted by atomic mass is 9.90. The number of carbonyl (C=O) groups is 1. The van der Waals surface area contributed by atoms with Crippen molar-refractivity contribution in [1.82, 2.24) is 10.2 Å². The minimum atomic E-state index is 0.138. The lowest BCUT2D eigenvalue weighted by molar-refractivity contribution is -0.131. The van der Waals surface area contributed by atoms with Crippen molar-refractivity contribution < 1.29 is 4.79 Å². The van der Waals surface area contributed by atoms with E-state index in [9.17, 15) is 4.79 Å². The minimum absolute atomic E-state index is 0.138. The largest absolute Gasteiger partial charge is 0.356 e. The Morgan fingerprint density at radius 2 is 1.50 bits per heavy atom. The van der Waals surface area contributed by atoms with Crippen LogP contribution in [0.15, 0.2) is 60.7 Å². The Balaban J connectivity index is 1.44. The van der Waals surface area contributed by atoms with E-state index in [1.807, 2.05) is 0 Å². The fourth-order valence-electron chi connectivity index (χ4n) is 3.49. The van der Waals surface area contributed by atoms with E-state index in [0.717, 1.165) is 25.6 Å². The van der Waals surface area contributed by atoms with Gasteiger partial charge < -0.3 is 5.32 Å². The van der Waals surface area contributed by atoms with Crippen molar-refractivity contribution in [1.29, 1.82) is 0 Å². The van der Waals surface area contributed by atoms with Gasteiger partial charge in [0.1, 0.15) is 0 Å². The summed E-state index contributed by atoms with van der Waals surface area (Å²) >= 11 is 0. The number of hydrogen-bond acceptors (Lipinski definition) is 2. The summed E-state index contributed by atoms with van der Waals surface area (Å²) in [6.07, 6.45) is 2.56. The molecule has 24 heavy (non-hydrogen) atoms. The second-order valence-electron chi connectivity index (χ2n) is 7.06. The Morgan fingerprint density at radius 1 is 0.958 bits per heavy atom. The van der Waals surface area contributed by atoms with Crippen LogP contribution in [0.4, 0.5) is 0 Å². The highest BCUT2D eigenvalue weighted by Crippen LogP contribution is 2.34. The molecule has 2 fully saturated rings. The van der Waals surface area contributed by atoms with Crippen molar-refractivity contribution >= 4 is 5.91 Å². The van der Waals surface area contributed by atoms with E-state index in [-0.39, 0.29) is 17.9 Å². The van der Waals surface area contributed by atoms with Gasteiger partial charge in [-0.05, 0) is 29.9 Å². The molecule has 124 valence electrons. The molecule has 2 aliphatic rings. The first kappa shape index (κ1) is 15.4. The number of likely N-dealkylation sites (tertiary alicyclic amines) is 1. The van der Waals surface area contributed by atoms with E-state index in [4.69, 9.17) is 0 Å². The molecule has 2 aromatic carbocycles. The summed E-state index contributed by atoms with van der Waals surface area (Å²) in [6.45, 7) is 2.55. The SMILES string of the molecule is O=C(NCC1CC1)C1CN(C(c2ccccc2)c2ccccc2)C1. The zero-order chi connectivity index (χ0) is 16.4. The summed E-state index contributed by atoms with van der Waals surface area (Å²) in [6, 6.07) is 21.4. The molecule has 0 spiro atoms. The Morgan fingerprint density at radius 3 is 2.00 bits per heavy atom. The molecule has 3 nitrogen and oxygen atoms in total. The lowest BCUT2D eigenvalue weighted by Gasteiger charge is -2.44. The third-order valence-electron chi connectivity index (χ3n) is 5.14. The zero-order valence-electron chi connectivity index (χ0n) is 13.9. The summed E-state index contributed by atoms with van der Waals surface area (Å²) in [5.41, 5.74) is 2.58. The first-order valence-corrected chi connectivity index (χ1v) is 8.93. The van der Waals surface area contributed by atoms with Crippen molar-refractivity contribution in [2.75, 3.05) is 19.6 Å². The van der Waals surface area contributed by atoms with Gasteiger partial charge in [0.05, 0.1) is 12.0 Å². The van der Waals surface area contributed by atoms with Crippen LogP contribution >= 0.6 is 0 Å². The quantitative estimate of drug-likeness (QED) is 0.886. The maximum absolute atomic E-state index is 12.3. The Labute approximate surface area is 143 Å². The van der Waals surface area contributed by atoms with Gasteiger partial charge >= 0.3 is 0 Å². The highest BCUT2D eigenvalue weighted by molar-refractivity contribution is 5.80.